The van der Waals surface area contributed by atoms with Gasteiger partial charge >= 0.3 is 5.63 Å². The van der Waals surface area contributed by atoms with Crippen molar-refractivity contribution >= 4 is 16.8 Å². The van der Waals surface area contributed by atoms with Crippen LogP contribution in [0.15, 0.2) is 63.8 Å². The molecule has 4 heteroatoms. The van der Waals surface area contributed by atoms with Gasteiger partial charge in [0.2, 0.25) is 0 Å². The van der Waals surface area contributed by atoms with Crippen LogP contribution in [0, 0.1) is 6.92 Å². The van der Waals surface area contributed by atoms with Gasteiger partial charge in [0.05, 0.1) is 0 Å². The second kappa shape index (κ2) is 5.85. The van der Waals surface area contributed by atoms with Crippen molar-refractivity contribution in [1.82, 2.24) is 0 Å². The fourth-order valence-corrected chi connectivity index (χ4v) is 2.24. The minimum Gasteiger partial charge on any atom is -0.485 e. The minimum absolute atomic E-state index is 0.0364. The van der Waals surface area contributed by atoms with E-state index in [9.17, 15) is 9.59 Å². The standard InChI is InChI=1S/C18H14O4/c1-12-9-18(20)22-17-8-7-14(10-15(12)17)21-11-16(19)13-5-3-2-4-6-13/h2-10H,11H2,1H3. The first kappa shape index (κ1) is 14.1. The topological polar surface area (TPSA) is 56.5 Å². The molecule has 1 heterocycles. The lowest BCUT2D eigenvalue weighted by Crippen LogP contribution is -2.11. The molecule has 0 aliphatic heterocycles. The third-order valence-corrected chi connectivity index (χ3v) is 3.39. The van der Waals surface area contributed by atoms with E-state index >= 15 is 0 Å². The average Bonchev–Trinajstić information content (AvgIpc) is 2.53. The number of benzene rings is 2. The van der Waals surface area contributed by atoms with E-state index in [1.54, 1.807) is 30.3 Å². The van der Waals surface area contributed by atoms with Gasteiger partial charge in [0.25, 0.3) is 0 Å². The van der Waals surface area contributed by atoms with E-state index in [0.29, 0.717) is 16.9 Å². The Morgan fingerprint density at radius 1 is 1.09 bits per heavy atom. The summed E-state index contributed by atoms with van der Waals surface area (Å²) in [5.41, 5.74) is 1.56. The number of carbonyl (C=O) groups is 1. The van der Waals surface area contributed by atoms with Crippen molar-refractivity contribution in [1.29, 1.82) is 0 Å². The van der Waals surface area contributed by atoms with Gasteiger partial charge in [-0.2, -0.15) is 0 Å². The third-order valence-electron chi connectivity index (χ3n) is 3.39. The SMILES string of the molecule is Cc1cc(=O)oc2ccc(OCC(=O)c3ccccc3)cc12. The predicted molar refractivity (Wildman–Crippen MR) is 83.5 cm³/mol. The molecule has 0 aliphatic rings. The number of aryl methyl sites for hydroxylation is 1. The van der Waals surface area contributed by atoms with Crippen molar-refractivity contribution in [3.63, 3.8) is 0 Å². The van der Waals surface area contributed by atoms with Crippen LogP contribution in [0.5, 0.6) is 5.75 Å². The zero-order valence-electron chi connectivity index (χ0n) is 12.0. The van der Waals surface area contributed by atoms with Crippen LogP contribution in [-0.2, 0) is 0 Å². The van der Waals surface area contributed by atoms with E-state index in [1.165, 1.54) is 6.07 Å². The Morgan fingerprint density at radius 2 is 1.86 bits per heavy atom. The largest absolute Gasteiger partial charge is 0.485 e. The average molecular weight is 294 g/mol. The maximum atomic E-state index is 12.0. The summed E-state index contributed by atoms with van der Waals surface area (Å²) in [6.07, 6.45) is 0. The highest BCUT2D eigenvalue weighted by atomic mass is 16.5. The molecule has 110 valence electrons. The molecule has 0 fully saturated rings. The zero-order valence-corrected chi connectivity index (χ0v) is 12.0. The van der Waals surface area contributed by atoms with Crippen molar-refractivity contribution in [2.45, 2.75) is 6.92 Å². The van der Waals surface area contributed by atoms with Crippen molar-refractivity contribution < 1.29 is 13.9 Å². The summed E-state index contributed by atoms with van der Waals surface area (Å²) in [7, 11) is 0. The number of carbonyl (C=O) groups excluding carboxylic acids is 1. The number of hydrogen-bond donors (Lipinski definition) is 0. The first-order valence-corrected chi connectivity index (χ1v) is 6.89. The smallest absolute Gasteiger partial charge is 0.336 e. The Hall–Kier alpha value is -2.88. The lowest BCUT2D eigenvalue weighted by molar-refractivity contribution is 0.0921. The first-order chi connectivity index (χ1) is 10.6. The van der Waals surface area contributed by atoms with Gasteiger partial charge in [-0.1, -0.05) is 30.3 Å². The van der Waals surface area contributed by atoms with E-state index in [0.717, 1.165) is 10.9 Å². The molecular formula is C18H14O4. The molecular weight excluding hydrogens is 280 g/mol. The Bertz CT molecular complexity index is 878. The number of fused-ring (bicyclic) bond motifs is 1. The summed E-state index contributed by atoms with van der Waals surface area (Å²) in [4.78, 5) is 23.3. The van der Waals surface area contributed by atoms with E-state index in [-0.39, 0.29) is 18.0 Å². The molecule has 0 atom stereocenters. The molecule has 1 aromatic heterocycles. The van der Waals surface area contributed by atoms with Gasteiger partial charge in [0.1, 0.15) is 11.3 Å². The second-order valence-electron chi connectivity index (χ2n) is 4.98. The van der Waals surface area contributed by atoms with Gasteiger partial charge < -0.3 is 9.15 Å². The number of Topliss-reactive ketones (excluding diaryl/α,β-unsaturated/α-hetero) is 1. The summed E-state index contributed by atoms with van der Waals surface area (Å²) in [5.74, 6) is 0.478. The highest BCUT2D eigenvalue weighted by Gasteiger charge is 2.08. The van der Waals surface area contributed by atoms with Gasteiger partial charge in [-0.05, 0) is 30.7 Å². The van der Waals surface area contributed by atoms with Gasteiger partial charge in [0.15, 0.2) is 12.4 Å². The van der Waals surface area contributed by atoms with Crippen molar-refractivity contribution in [3.05, 3.63) is 76.1 Å². The van der Waals surface area contributed by atoms with Gasteiger partial charge in [-0.25, -0.2) is 4.79 Å². The van der Waals surface area contributed by atoms with E-state index < -0.39 is 0 Å². The van der Waals surface area contributed by atoms with Crippen molar-refractivity contribution in [2.75, 3.05) is 6.61 Å². The molecule has 0 saturated heterocycles. The molecule has 3 aromatic rings. The van der Waals surface area contributed by atoms with Crippen LogP contribution in [0.1, 0.15) is 15.9 Å². The summed E-state index contributed by atoms with van der Waals surface area (Å²) in [6.45, 7) is 1.80. The van der Waals surface area contributed by atoms with Crippen LogP contribution in [-0.4, -0.2) is 12.4 Å². The van der Waals surface area contributed by atoms with Gasteiger partial charge in [0, 0.05) is 17.0 Å². The molecule has 0 amide bonds. The lowest BCUT2D eigenvalue weighted by Gasteiger charge is -2.07. The molecule has 0 radical (unpaired) electrons. The van der Waals surface area contributed by atoms with Crippen LogP contribution in [0.2, 0.25) is 0 Å². The minimum atomic E-state index is -0.377. The Kier molecular flexibility index (Phi) is 3.74. The van der Waals surface area contributed by atoms with E-state index in [1.807, 2.05) is 25.1 Å². The quantitative estimate of drug-likeness (QED) is 0.547. The summed E-state index contributed by atoms with van der Waals surface area (Å²) >= 11 is 0. The van der Waals surface area contributed by atoms with Crippen LogP contribution in [0.3, 0.4) is 0 Å². The first-order valence-electron chi connectivity index (χ1n) is 6.89. The second-order valence-corrected chi connectivity index (χ2v) is 4.98. The molecule has 0 bridgehead atoms. The molecule has 4 nitrogen and oxygen atoms in total. The Morgan fingerprint density at radius 3 is 2.64 bits per heavy atom. The Balaban J connectivity index is 1.80. The fraction of sp³-hybridized carbons (Fsp3) is 0.111. The number of rotatable bonds is 4. The maximum Gasteiger partial charge on any atom is 0.336 e. The van der Waals surface area contributed by atoms with Crippen LogP contribution in [0.25, 0.3) is 11.0 Å². The van der Waals surface area contributed by atoms with Crippen LogP contribution < -0.4 is 10.4 Å². The molecule has 22 heavy (non-hydrogen) atoms. The summed E-state index contributed by atoms with van der Waals surface area (Å²) < 4.78 is 10.7. The van der Waals surface area contributed by atoms with Gasteiger partial charge in [-0.3, -0.25) is 4.79 Å². The molecule has 2 aromatic carbocycles. The predicted octanol–water partition coefficient (Wildman–Crippen LogP) is 3.36. The highest BCUT2D eigenvalue weighted by Crippen LogP contribution is 2.22. The fourth-order valence-electron chi connectivity index (χ4n) is 2.24. The highest BCUT2D eigenvalue weighted by molar-refractivity contribution is 5.97. The molecule has 0 N–H and O–H groups in total. The summed E-state index contributed by atoms with van der Waals surface area (Å²) in [5, 5.41) is 0.796. The van der Waals surface area contributed by atoms with E-state index in [4.69, 9.17) is 9.15 Å². The van der Waals surface area contributed by atoms with Crippen LogP contribution in [0.4, 0.5) is 0 Å². The third kappa shape index (κ3) is 2.91. The summed E-state index contributed by atoms with van der Waals surface area (Å²) in [6, 6.07) is 15.6. The number of hydrogen-bond acceptors (Lipinski definition) is 4. The Labute approximate surface area is 127 Å². The number of ether oxygens (including phenoxy) is 1. The molecule has 0 spiro atoms. The van der Waals surface area contributed by atoms with E-state index in [2.05, 4.69) is 0 Å². The molecule has 0 aliphatic carbocycles. The normalized spacial score (nSPS) is 10.6. The van der Waals surface area contributed by atoms with Gasteiger partial charge in [-0.15, -0.1) is 0 Å². The van der Waals surface area contributed by atoms with Crippen molar-refractivity contribution in [2.24, 2.45) is 0 Å². The molecule has 0 unspecified atom stereocenters. The number of ketones is 1. The monoisotopic (exact) mass is 294 g/mol. The molecule has 3 rings (SSSR count). The zero-order chi connectivity index (χ0) is 15.5. The lowest BCUT2D eigenvalue weighted by atomic mass is 10.1. The van der Waals surface area contributed by atoms with Crippen molar-refractivity contribution in [3.8, 4) is 5.75 Å². The molecule has 0 saturated carbocycles. The van der Waals surface area contributed by atoms with Crippen LogP contribution >= 0.6 is 0 Å². The maximum absolute atomic E-state index is 12.0.